The van der Waals surface area contributed by atoms with Gasteiger partial charge in [0, 0.05) is 17.1 Å². The first-order valence-electron chi connectivity index (χ1n) is 7.82. The third-order valence-electron chi connectivity index (χ3n) is 4.11. The molecule has 0 fully saturated rings. The quantitative estimate of drug-likeness (QED) is 0.587. The van der Waals surface area contributed by atoms with Crippen molar-refractivity contribution in [1.29, 1.82) is 0 Å². The maximum Gasteiger partial charge on any atom is 0.0684 e. The van der Waals surface area contributed by atoms with Crippen LogP contribution in [0.25, 0.3) is 10.9 Å². The Morgan fingerprint density at radius 1 is 0.818 bits per heavy atom. The van der Waals surface area contributed by atoms with Crippen molar-refractivity contribution in [1.82, 2.24) is 10.3 Å². The first kappa shape index (κ1) is 14.8. The molecule has 3 aromatic rings. The maximum atomic E-state index is 9.32. The summed E-state index contributed by atoms with van der Waals surface area (Å²) in [4.78, 5) is 3.31. The van der Waals surface area contributed by atoms with Gasteiger partial charge in [-0.2, -0.15) is 0 Å². The normalized spacial score (nSPS) is 11.1. The largest absolute Gasteiger partial charge is 0.392 e. The highest BCUT2D eigenvalue weighted by molar-refractivity contribution is 5.83. The molecule has 2 aromatic carbocycles. The Labute approximate surface area is 131 Å². The minimum Gasteiger partial charge on any atom is -0.392 e. The van der Waals surface area contributed by atoms with Crippen LogP contribution in [0.1, 0.15) is 16.7 Å². The summed E-state index contributed by atoms with van der Waals surface area (Å²) in [6.07, 6.45) is 4.07. The molecule has 3 N–H and O–H groups in total. The molecule has 0 saturated carbocycles. The summed E-state index contributed by atoms with van der Waals surface area (Å²) in [5, 5.41) is 14.1. The summed E-state index contributed by atoms with van der Waals surface area (Å²) in [6, 6.07) is 16.5. The van der Waals surface area contributed by atoms with E-state index in [4.69, 9.17) is 0 Å². The van der Waals surface area contributed by atoms with Crippen molar-refractivity contribution in [2.24, 2.45) is 0 Å². The molecule has 0 aliphatic rings. The Morgan fingerprint density at radius 2 is 1.50 bits per heavy atom. The Kier molecular flexibility index (Phi) is 4.88. The molecule has 1 aromatic heterocycles. The second-order valence-electron chi connectivity index (χ2n) is 5.54. The topological polar surface area (TPSA) is 48.0 Å². The van der Waals surface area contributed by atoms with Gasteiger partial charge in [-0.15, -0.1) is 0 Å². The summed E-state index contributed by atoms with van der Waals surface area (Å²) in [7, 11) is 0. The number of nitrogens with one attached hydrogen (secondary N) is 2. The lowest BCUT2D eigenvalue weighted by Gasteiger charge is -2.08. The predicted molar refractivity (Wildman–Crippen MR) is 90.9 cm³/mol. The summed E-state index contributed by atoms with van der Waals surface area (Å²) >= 11 is 0. The molecule has 22 heavy (non-hydrogen) atoms. The zero-order valence-corrected chi connectivity index (χ0v) is 12.7. The molecule has 3 heteroatoms. The van der Waals surface area contributed by atoms with Gasteiger partial charge in [0.15, 0.2) is 0 Å². The highest BCUT2D eigenvalue weighted by Crippen LogP contribution is 2.17. The molecule has 3 nitrogen and oxygen atoms in total. The average Bonchev–Trinajstić information content (AvgIpc) is 2.98. The third kappa shape index (κ3) is 3.38. The second-order valence-corrected chi connectivity index (χ2v) is 5.54. The molecular weight excluding hydrogens is 272 g/mol. The molecule has 3 rings (SSSR count). The van der Waals surface area contributed by atoms with Crippen molar-refractivity contribution in [3.8, 4) is 0 Å². The standard InChI is InChI=1S/C19H22N2O/c22-14-17-6-2-1-5-15(17)9-11-20-12-10-16-13-21-19-8-4-3-7-18(16)19/h1-8,13,20-22H,9-12,14H2. The van der Waals surface area contributed by atoms with Crippen LogP contribution < -0.4 is 5.32 Å². The highest BCUT2D eigenvalue weighted by atomic mass is 16.3. The van der Waals surface area contributed by atoms with Gasteiger partial charge >= 0.3 is 0 Å². The number of benzene rings is 2. The van der Waals surface area contributed by atoms with E-state index in [1.54, 1.807) is 0 Å². The third-order valence-corrected chi connectivity index (χ3v) is 4.11. The number of H-pyrrole nitrogens is 1. The van der Waals surface area contributed by atoms with E-state index in [1.807, 2.05) is 18.2 Å². The lowest BCUT2D eigenvalue weighted by molar-refractivity contribution is 0.280. The van der Waals surface area contributed by atoms with Crippen LogP contribution in [0.3, 0.4) is 0 Å². The van der Waals surface area contributed by atoms with Crippen LogP contribution in [0.2, 0.25) is 0 Å². The molecule has 0 radical (unpaired) electrons. The fourth-order valence-corrected chi connectivity index (χ4v) is 2.87. The van der Waals surface area contributed by atoms with Crippen LogP contribution in [-0.4, -0.2) is 23.2 Å². The Balaban J connectivity index is 1.48. The van der Waals surface area contributed by atoms with E-state index < -0.39 is 0 Å². The Hall–Kier alpha value is -2.10. The minimum absolute atomic E-state index is 0.117. The van der Waals surface area contributed by atoms with Gasteiger partial charge < -0.3 is 15.4 Å². The lowest BCUT2D eigenvalue weighted by atomic mass is 10.1. The second kappa shape index (κ2) is 7.25. The summed E-state index contributed by atoms with van der Waals surface area (Å²) < 4.78 is 0. The molecule has 114 valence electrons. The van der Waals surface area contributed by atoms with E-state index in [0.717, 1.165) is 31.5 Å². The van der Waals surface area contributed by atoms with Crippen molar-refractivity contribution in [2.45, 2.75) is 19.4 Å². The number of aliphatic hydroxyl groups excluding tert-OH is 1. The van der Waals surface area contributed by atoms with Crippen LogP contribution in [-0.2, 0) is 19.4 Å². The van der Waals surface area contributed by atoms with Gasteiger partial charge in [0.2, 0.25) is 0 Å². The van der Waals surface area contributed by atoms with Crippen LogP contribution in [0.4, 0.5) is 0 Å². The van der Waals surface area contributed by atoms with Gasteiger partial charge in [-0.25, -0.2) is 0 Å². The molecule has 0 aliphatic heterocycles. The minimum atomic E-state index is 0.117. The van der Waals surface area contributed by atoms with Crippen LogP contribution in [0.5, 0.6) is 0 Å². The first-order chi connectivity index (χ1) is 10.9. The Bertz CT molecular complexity index is 733. The number of aromatic amines is 1. The summed E-state index contributed by atoms with van der Waals surface area (Å²) in [5.41, 5.74) is 4.82. The van der Waals surface area contributed by atoms with Gasteiger partial charge in [0.1, 0.15) is 0 Å². The number of aromatic nitrogens is 1. The van der Waals surface area contributed by atoms with E-state index in [-0.39, 0.29) is 6.61 Å². The maximum absolute atomic E-state index is 9.32. The van der Waals surface area contributed by atoms with E-state index in [0.29, 0.717) is 0 Å². The van der Waals surface area contributed by atoms with Crippen molar-refractivity contribution in [2.75, 3.05) is 13.1 Å². The molecule has 0 saturated heterocycles. The zero-order valence-electron chi connectivity index (χ0n) is 12.7. The number of rotatable bonds is 7. The van der Waals surface area contributed by atoms with E-state index in [9.17, 15) is 5.11 Å². The van der Waals surface area contributed by atoms with Crippen LogP contribution >= 0.6 is 0 Å². The average molecular weight is 294 g/mol. The number of hydrogen-bond acceptors (Lipinski definition) is 2. The van der Waals surface area contributed by atoms with E-state index >= 15 is 0 Å². The fourth-order valence-electron chi connectivity index (χ4n) is 2.87. The molecule has 0 atom stereocenters. The van der Waals surface area contributed by atoms with Gasteiger partial charge in [0.05, 0.1) is 6.61 Å². The molecular formula is C19H22N2O. The van der Waals surface area contributed by atoms with Gasteiger partial charge in [0.25, 0.3) is 0 Å². The van der Waals surface area contributed by atoms with Crippen LogP contribution in [0, 0.1) is 0 Å². The number of fused-ring (bicyclic) bond motifs is 1. The van der Waals surface area contributed by atoms with Crippen LogP contribution in [0.15, 0.2) is 54.7 Å². The van der Waals surface area contributed by atoms with Gasteiger partial charge in [-0.1, -0.05) is 42.5 Å². The first-order valence-corrected chi connectivity index (χ1v) is 7.82. The smallest absolute Gasteiger partial charge is 0.0684 e. The number of para-hydroxylation sites is 1. The predicted octanol–water partition coefficient (Wildman–Crippen LogP) is 3.04. The van der Waals surface area contributed by atoms with Crippen molar-refractivity contribution < 1.29 is 5.11 Å². The molecule has 0 aliphatic carbocycles. The molecule has 0 amide bonds. The summed E-state index contributed by atoms with van der Waals surface area (Å²) in [6.45, 7) is 2.01. The number of hydrogen-bond donors (Lipinski definition) is 3. The van der Waals surface area contributed by atoms with Crippen molar-refractivity contribution >= 4 is 10.9 Å². The van der Waals surface area contributed by atoms with Gasteiger partial charge in [-0.05, 0) is 48.7 Å². The summed E-state index contributed by atoms with van der Waals surface area (Å²) in [5.74, 6) is 0. The van der Waals surface area contributed by atoms with Crippen molar-refractivity contribution in [3.05, 3.63) is 71.4 Å². The van der Waals surface area contributed by atoms with Crippen molar-refractivity contribution in [3.63, 3.8) is 0 Å². The molecule has 1 heterocycles. The molecule has 0 unspecified atom stereocenters. The van der Waals surface area contributed by atoms with Gasteiger partial charge in [-0.3, -0.25) is 0 Å². The zero-order chi connectivity index (χ0) is 15.2. The molecule has 0 bridgehead atoms. The fraction of sp³-hybridized carbons (Fsp3) is 0.263. The van der Waals surface area contributed by atoms with E-state index in [2.05, 4.69) is 46.8 Å². The Morgan fingerprint density at radius 3 is 2.32 bits per heavy atom. The monoisotopic (exact) mass is 294 g/mol. The highest BCUT2D eigenvalue weighted by Gasteiger charge is 2.03. The number of aliphatic hydroxyl groups is 1. The van der Waals surface area contributed by atoms with E-state index in [1.165, 1.54) is 22.0 Å². The lowest BCUT2D eigenvalue weighted by Crippen LogP contribution is -2.20. The SMILES string of the molecule is OCc1ccccc1CCNCCc1c[nH]c2ccccc12. The molecule has 0 spiro atoms.